The van der Waals surface area contributed by atoms with Gasteiger partial charge < -0.3 is 15.2 Å². The first-order chi connectivity index (χ1) is 10.4. The van der Waals surface area contributed by atoms with Gasteiger partial charge in [0.25, 0.3) is 5.56 Å². The molecular weight excluding hydrogens is 306 g/mol. The fraction of sp³-hybridized carbons (Fsp3) is 0.500. The van der Waals surface area contributed by atoms with E-state index < -0.39 is 12.5 Å². The lowest BCUT2D eigenvalue weighted by Gasteiger charge is -2.09. The molecule has 2 aromatic heterocycles. The van der Waals surface area contributed by atoms with Gasteiger partial charge in [-0.15, -0.1) is 11.3 Å². The van der Waals surface area contributed by atoms with Crippen LogP contribution in [0.15, 0.2) is 10.9 Å². The molecule has 0 atom stereocenters. The van der Waals surface area contributed by atoms with Crippen LogP contribution in [0.2, 0.25) is 0 Å². The van der Waals surface area contributed by atoms with Crippen molar-refractivity contribution in [2.75, 3.05) is 25.6 Å². The number of fused-ring (bicyclic) bond motifs is 1. The van der Waals surface area contributed by atoms with E-state index in [1.54, 1.807) is 7.11 Å². The summed E-state index contributed by atoms with van der Waals surface area (Å²) in [4.78, 5) is 23.3. The molecule has 0 aliphatic carbocycles. The molecule has 2 N–H and O–H groups in total. The Morgan fingerprint density at radius 1 is 1.55 bits per heavy atom. The van der Waals surface area contributed by atoms with Gasteiger partial charge in [-0.3, -0.25) is 9.59 Å². The maximum Gasteiger partial charge on any atom is 0.325 e. The number of anilines is 1. The van der Waals surface area contributed by atoms with Crippen LogP contribution in [0.5, 0.6) is 0 Å². The summed E-state index contributed by atoms with van der Waals surface area (Å²) in [6, 6.07) is 1.89. The first kappa shape index (κ1) is 16.4. The molecule has 0 amide bonds. The Morgan fingerprint density at radius 3 is 2.86 bits per heavy atom. The Hall–Kier alpha value is -1.93. The first-order valence-electron chi connectivity index (χ1n) is 6.93. The molecule has 120 valence electrons. The molecule has 22 heavy (non-hydrogen) atoms. The molecule has 0 bridgehead atoms. The van der Waals surface area contributed by atoms with Crippen molar-refractivity contribution in [2.45, 2.75) is 26.3 Å². The highest BCUT2D eigenvalue weighted by molar-refractivity contribution is 7.22. The summed E-state index contributed by atoms with van der Waals surface area (Å²) in [5, 5.41) is 18.0. The number of hydrogen-bond donors (Lipinski definition) is 2. The molecule has 0 aliphatic rings. The standard InChI is InChI=1S/C14H19N3O4S/c1-8(2)12-9-6-10(15-4-5-21-3)22-13(9)14(20)17(16-12)7-11(18)19/h6,8,15H,4-5,7H2,1-3H3,(H,18,19). The van der Waals surface area contributed by atoms with E-state index in [2.05, 4.69) is 10.4 Å². The van der Waals surface area contributed by atoms with Crippen LogP contribution in [0, 0.1) is 0 Å². The summed E-state index contributed by atoms with van der Waals surface area (Å²) in [5.74, 6) is -0.997. The monoisotopic (exact) mass is 325 g/mol. The number of thiophene rings is 1. The van der Waals surface area contributed by atoms with E-state index in [-0.39, 0.29) is 11.5 Å². The molecule has 0 aromatic carbocycles. The van der Waals surface area contributed by atoms with Crippen LogP contribution >= 0.6 is 11.3 Å². The van der Waals surface area contributed by atoms with Gasteiger partial charge in [0, 0.05) is 19.0 Å². The van der Waals surface area contributed by atoms with Crippen LogP contribution in [0.1, 0.15) is 25.5 Å². The van der Waals surface area contributed by atoms with Crippen LogP contribution in [-0.4, -0.2) is 41.1 Å². The zero-order valence-electron chi connectivity index (χ0n) is 12.8. The van der Waals surface area contributed by atoms with Crippen LogP contribution in [-0.2, 0) is 16.1 Å². The van der Waals surface area contributed by atoms with Crippen molar-refractivity contribution in [1.82, 2.24) is 9.78 Å². The number of ether oxygens (including phenoxy) is 1. The fourth-order valence-electron chi connectivity index (χ4n) is 2.11. The lowest BCUT2D eigenvalue weighted by atomic mass is 10.1. The zero-order valence-corrected chi connectivity index (χ0v) is 13.6. The van der Waals surface area contributed by atoms with Gasteiger partial charge in [0.2, 0.25) is 0 Å². The Kier molecular flexibility index (Phi) is 5.15. The van der Waals surface area contributed by atoms with E-state index in [0.717, 1.165) is 20.8 Å². The van der Waals surface area contributed by atoms with Crippen molar-refractivity contribution in [1.29, 1.82) is 0 Å². The topological polar surface area (TPSA) is 93.4 Å². The lowest BCUT2D eigenvalue weighted by Crippen LogP contribution is -2.27. The Bertz CT molecular complexity index is 735. The largest absolute Gasteiger partial charge is 0.480 e. The number of aliphatic carboxylic acids is 1. The maximum absolute atomic E-state index is 12.4. The predicted octanol–water partition coefficient (Wildman–Crippen LogP) is 1.72. The molecule has 0 fully saturated rings. The fourth-order valence-corrected chi connectivity index (χ4v) is 3.15. The highest BCUT2D eigenvalue weighted by atomic mass is 32.1. The van der Waals surface area contributed by atoms with Gasteiger partial charge in [0.15, 0.2) is 0 Å². The Balaban J connectivity index is 2.51. The molecule has 7 nitrogen and oxygen atoms in total. The number of aromatic nitrogens is 2. The van der Waals surface area contributed by atoms with Gasteiger partial charge in [-0.05, 0) is 12.0 Å². The summed E-state index contributed by atoms with van der Waals surface area (Å²) in [7, 11) is 1.62. The van der Waals surface area contributed by atoms with Crippen LogP contribution in [0.25, 0.3) is 10.1 Å². The molecule has 0 aliphatic heterocycles. The van der Waals surface area contributed by atoms with Gasteiger partial charge in [-0.25, -0.2) is 4.68 Å². The van der Waals surface area contributed by atoms with Crippen LogP contribution in [0.4, 0.5) is 5.00 Å². The number of hydrogen-bond acceptors (Lipinski definition) is 6. The third kappa shape index (κ3) is 3.45. The highest BCUT2D eigenvalue weighted by Gasteiger charge is 2.17. The molecule has 8 heteroatoms. The average Bonchev–Trinajstić information content (AvgIpc) is 2.86. The number of rotatable bonds is 7. The quantitative estimate of drug-likeness (QED) is 0.753. The molecule has 0 radical (unpaired) electrons. The van der Waals surface area contributed by atoms with E-state index in [0.29, 0.717) is 17.9 Å². The van der Waals surface area contributed by atoms with E-state index in [4.69, 9.17) is 9.84 Å². The number of carbonyl (C=O) groups is 1. The molecule has 0 saturated carbocycles. The van der Waals surface area contributed by atoms with Gasteiger partial charge in [0.1, 0.15) is 11.2 Å². The number of nitrogens with one attached hydrogen (secondary N) is 1. The molecule has 2 rings (SSSR count). The SMILES string of the molecule is COCCNc1cc2c(C(C)C)nn(CC(=O)O)c(=O)c2s1. The third-order valence-corrected chi connectivity index (χ3v) is 4.18. The van der Waals surface area contributed by atoms with Crippen molar-refractivity contribution in [3.8, 4) is 0 Å². The second-order valence-corrected chi connectivity index (χ2v) is 6.22. The Morgan fingerprint density at radius 2 is 2.27 bits per heavy atom. The van der Waals surface area contributed by atoms with Gasteiger partial charge >= 0.3 is 5.97 Å². The lowest BCUT2D eigenvalue weighted by molar-refractivity contribution is -0.138. The highest BCUT2D eigenvalue weighted by Crippen LogP contribution is 2.31. The van der Waals surface area contributed by atoms with Crippen LogP contribution in [0.3, 0.4) is 0 Å². The Labute approximate surface area is 131 Å². The maximum atomic E-state index is 12.4. The third-order valence-electron chi connectivity index (χ3n) is 3.10. The number of carboxylic acids is 1. The molecule has 0 saturated heterocycles. The molecule has 0 spiro atoms. The minimum Gasteiger partial charge on any atom is -0.480 e. The van der Waals surface area contributed by atoms with E-state index >= 15 is 0 Å². The molecular formula is C14H19N3O4S. The summed E-state index contributed by atoms with van der Waals surface area (Å²) in [6.45, 7) is 4.70. The summed E-state index contributed by atoms with van der Waals surface area (Å²) in [6.07, 6.45) is 0. The van der Waals surface area contributed by atoms with Gasteiger partial charge in [-0.1, -0.05) is 13.8 Å². The summed E-state index contributed by atoms with van der Waals surface area (Å²) in [5.41, 5.74) is 0.360. The van der Waals surface area contributed by atoms with Crippen LogP contribution < -0.4 is 10.9 Å². The van der Waals surface area contributed by atoms with E-state index in [1.165, 1.54) is 11.3 Å². The number of methoxy groups -OCH3 is 1. The minimum atomic E-state index is -1.08. The zero-order chi connectivity index (χ0) is 16.3. The minimum absolute atomic E-state index is 0.0876. The smallest absolute Gasteiger partial charge is 0.325 e. The summed E-state index contributed by atoms with van der Waals surface area (Å²) >= 11 is 1.31. The second kappa shape index (κ2) is 6.89. The van der Waals surface area contributed by atoms with Crippen molar-refractivity contribution in [3.05, 3.63) is 22.1 Å². The normalized spacial score (nSPS) is 11.3. The number of nitrogens with zero attached hydrogens (tertiary/aromatic N) is 2. The second-order valence-electron chi connectivity index (χ2n) is 5.17. The average molecular weight is 325 g/mol. The number of carboxylic acid groups (broad SMARTS) is 1. The van der Waals surface area contributed by atoms with E-state index in [1.807, 2.05) is 19.9 Å². The van der Waals surface area contributed by atoms with Gasteiger partial charge in [0.05, 0.1) is 17.3 Å². The predicted molar refractivity (Wildman–Crippen MR) is 86.0 cm³/mol. The van der Waals surface area contributed by atoms with Crippen molar-refractivity contribution < 1.29 is 14.6 Å². The first-order valence-corrected chi connectivity index (χ1v) is 7.74. The van der Waals surface area contributed by atoms with Gasteiger partial charge in [-0.2, -0.15) is 5.10 Å². The molecule has 0 unspecified atom stereocenters. The van der Waals surface area contributed by atoms with Crippen molar-refractivity contribution in [3.63, 3.8) is 0 Å². The summed E-state index contributed by atoms with van der Waals surface area (Å²) < 4.78 is 6.54. The van der Waals surface area contributed by atoms with Crippen molar-refractivity contribution in [2.24, 2.45) is 0 Å². The van der Waals surface area contributed by atoms with E-state index in [9.17, 15) is 9.59 Å². The van der Waals surface area contributed by atoms with Crippen molar-refractivity contribution >= 4 is 32.4 Å². The molecule has 2 heterocycles. The molecule has 2 aromatic rings.